The van der Waals surface area contributed by atoms with Crippen LogP contribution in [0.1, 0.15) is 0 Å². The highest BCUT2D eigenvalue weighted by Gasteiger charge is 1.87. The van der Waals surface area contributed by atoms with Crippen LogP contribution in [0.4, 0.5) is 0 Å². The zero-order chi connectivity index (χ0) is 5.98. The van der Waals surface area contributed by atoms with E-state index < -0.39 is 0 Å². The van der Waals surface area contributed by atoms with Crippen molar-refractivity contribution >= 4 is 0 Å². The van der Waals surface area contributed by atoms with Crippen molar-refractivity contribution in [2.45, 2.75) is 0 Å². The molecule has 0 unspecified atom stereocenters. The van der Waals surface area contributed by atoms with Crippen LogP contribution in [0.2, 0.25) is 0 Å². The molecule has 4 nitrogen and oxygen atoms in total. The normalized spacial score (nSPS) is 9.12. The maximum absolute atomic E-state index is 10.4. The van der Waals surface area contributed by atoms with Gasteiger partial charge in [0.05, 0.1) is 6.20 Å². The van der Waals surface area contributed by atoms with E-state index in [9.17, 15) is 4.79 Å². The fourth-order valence-corrected chi connectivity index (χ4v) is 0.451. The van der Waals surface area contributed by atoms with E-state index in [-0.39, 0.29) is 5.69 Å². The summed E-state index contributed by atoms with van der Waals surface area (Å²) < 4.78 is 1.10. The van der Waals surface area contributed by atoms with Crippen LogP contribution in [-0.4, -0.2) is 16.8 Å². The summed E-state index contributed by atoms with van der Waals surface area (Å²) in [6, 6.07) is 0. The predicted octanol–water partition coefficient (Wildman–Crippen LogP) is -0.765. The maximum Gasteiger partial charge on any atom is 0.358 e. The van der Waals surface area contributed by atoms with Crippen LogP contribution in [0, 0.1) is 0 Å². The number of imidazole rings is 1. The monoisotopic (exact) mass is 114 g/mol. The molecule has 1 rings (SSSR count). The van der Waals surface area contributed by atoms with Gasteiger partial charge in [-0.15, -0.1) is 4.73 Å². The van der Waals surface area contributed by atoms with Crippen LogP contribution >= 0.6 is 0 Å². The van der Waals surface area contributed by atoms with Gasteiger partial charge < -0.3 is 9.82 Å². The van der Waals surface area contributed by atoms with E-state index >= 15 is 0 Å². The molecular weight excluding hydrogens is 108 g/mol. The highest BCUT2D eigenvalue weighted by molar-refractivity contribution is 4.70. The Morgan fingerprint density at radius 3 is 2.88 bits per heavy atom. The van der Waals surface area contributed by atoms with Crippen molar-refractivity contribution in [3.8, 4) is 0 Å². The average Bonchev–Trinajstić information content (AvgIpc) is 2.14. The third-order valence-corrected chi connectivity index (χ3v) is 0.814. The van der Waals surface area contributed by atoms with E-state index in [0.717, 1.165) is 4.73 Å². The molecule has 44 valence electrons. The third kappa shape index (κ3) is 0.598. The first-order valence-corrected chi connectivity index (χ1v) is 2.15. The Hall–Kier alpha value is -1.19. The molecule has 0 saturated carbocycles. The molecule has 4 heteroatoms. The molecule has 0 atom stereocenters. The molecular formula is C4H6N2O2. The second-order valence-corrected chi connectivity index (χ2v) is 1.27. The Balaban J connectivity index is 3.11. The number of hydrogen-bond acceptors (Lipinski definition) is 2. The SMILES string of the molecule is COn1cc[nH]c1=O. The minimum absolute atomic E-state index is 0.257. The zero-order valence-electron chi connectivity index (χ0n) is 4.42. The number of aromatic nitrogens is 2. The van der Waals surface area contributed by atoms with Gasteiger partial charge in [0.15, 0.2) is 0 Å². The number of nitrogens with one attached hydrogen (secondary N) is 1. The van der Waals surface area contributed by atoms with E-state index in [0.29, 0.717) is 0 Å². The number of hydrogen-bond donors (Lipinski definition) is 1. The van der Waals surface area contributed by atoms with Gasteiger partial charge >= 0.3 is 5.69 Å². The van der Waals surface area contributed by atoms with Crippen LogP contribution in [0.5, 0.6) is 0 Å². The smallest absolute Gasteiger partial charge is 0.358 e. The first-order valence-electron chi connectivity index (χ1n) is 2.15. The molecule has 0 fully saturated rings. The van der Waals surface area contributed by atoms with Gasteiger partial charge in [-0.3, -0.25) is 0 Å². The molecule has 0 aliphatic carbocycles. The summed E-state index contributed by atoms with van der Waals surface area (Å²) >= 11 is 0. The van der Waals surface area contributed by atoms with Crippen molar-refractivity contribution < 1.29 is 4.84 Å². The standard InChI is InChI=1S/C4H6N2O2/c1-8-6-3-2-5-4(6)7/h2-3H,1H3,(H,5,7). The first kappa shape index (κ1) is 4.96. The van der Waals surface area contributed by atoms with Crippen LogP contribution in [0.15, 0.2) is 17.2 Å². The lowest BCUT2D eigenvalue weighted by molar-refractivity contribution is 0.158. The van der Waals surface area contributed by atoms with Gasteiger partial charge in [-0.05, 0) is 0 Å². The summed E-state index contributed by atoms with van der Waals surface area (Å²) in [4.78, 5) is 17.4. The van der Waals surface area contributed by atoms with Gasteiger partial charge in [-0.25, -0.2) is 4.79 Å². The largest absolute Gasteiger partial charge is 0.413 e. The Morgan fingerprint density at radius 1 is 1.88 bits per heavy atom. The summed E-state index contributed by atoms with van der Waals surface area (Å²) in [5.41, 5.74) is -0.257. The topological polar surface area (TPSA) is 47.0 Å². The Kier molecular flexibility index (Phi) is 1.07. The zero-order valence-corrected chi connectivity index (χ0v) is 4.42. The molecule has 0 amide bonds. The Labute approximate surface area is 45.7 Å². The number of nitrogens with zero attached hydrogens (tertiary/aromatic N) is 1. The minimum atomic E-state index is -0.257. The van der Waals surface area contributed by atoms with Crippen molar-refractivity contribution in [3.05, 3.63) is 22.9 Å². The van der Waals surface area contributed by atoms with Crippen molar-refractivity contribution in [3.63, 3.8) is 0 Å². The molecule has 0 saturated heterocycles. The van der Waals surface area contributed by atoms with E-state index in [2.05, 4.69) is 9.82 Å². The van der Waals surface area contributed by atoms with Crippen LogP contribution in [-0.2, 0) is 0 Å². The molecule has 0 bridgehead atoms. The van der Waals surface area contributed by atoms with Crippen molar-refractivity contribution in [1.29, 1.82) is 0 Å². The van der Waals surface area contributed by atoms with Crippen molar-refractivity contribution in [2.24, 2.45) is 0 Å². The summed E-state index contributed by atoms with van der Waals surface area (Å²) in [6.45, 7) is 0. The number of H-pyrrole nitrogens is 1. The van der Waals surface area contributed by atoms with Crippen LogP contribution < -0.4 is 10.5 Å². The van der Waals surface area contributed by atoms with Gasteiger partial charge in [0, 0.05) is 6.20 Å². The van der Waals surface area contributed by atoms with E-state index in [1.54, 1.807) is 0 Å². The second kappa shape index (κ2) is 1.73. The fourth-order valence-electron chi connectivity index (χ4n) is 0.451. The molecule has 1 aromatic rings. The number of aromatic amines is 1. The van der Waals surface area contributed by atoms with Crippen molar-refractivity contribution in [1.82, 2.24) is 9.71 Å². The molecule has 0 aromatic carbocycles. The van der Waals surface area contributed by atoms with Crippen LogP contribution in [0.3, 0.4) is 0 Å². The lowest BCUT2D eigenvalue weighted by Crippen LogP contribution is -2.20. The summed E-state index contributed by atoms with van der Waals surface area (Å²) in [5.74, 6) is 0. The Bertz CT molecular complexity index is 212. The molecule has 0 aliphatic heterocycles. The highest BCUT2D eigenvalue weighted by atomic mass is 16.6. The van der Waals surface area contributed by atoms with Crippen LogP contribution in [0.25, 0.3) is 0 Å². The van der Waals surface area contributed by atoms with Gasteiger partial charge in [-0.1, -0.05) is 0 Å². The predicted molar refractivity (Wildman–Crippen MR) is 27.6 cm³/mol. The average molecular weight is 114 g/mol. The fraction of sp³-hybridized carbons (Fsp3) is 0.250. The van der Waals surface area contributed by atoms with E-state index in [4.69, 9.17) is 0 Å². The lowest BCUT2D eigenvalue weighted by Gasteiger charge is -1.91. The van der Waals surface area contributed by atoms with Crippen molar-refractivity contribution in [2.75, 3.05) is 7.11 Å². The van der Waals surface area contributed by atoms with E-state index in [1.807, 2.05) is 0 Å². The molecule has 0 aliphatic rings. The maximum atomic E-state index is 10.4. The summed E-state index contributed by atoms with van der Waals surface area (Å²) in [7, 11) is 1.43. The molecule has 1 N–H and O–H groups in total. The molecule has 0 spiro atoms. The lowest BCUT2D eigenvalue weighted by atomic mass is 11.0. The Morgan fingerprint density at radius 2 is 2.62 bits per heavy atom. The second-order valence-electron chi connectivity index (χ2n) is 1.27. The number of rotatable bonds is 1. The van der Waals surface area contributed by atoms with Gasteiger partial charge in [-0.2, -0.15) is 0 Å². The minimum Gasteiger partial charge on any atom is -0.413 e. The molecule has 0 radical (unpaired) electrons. The third-order valence-electron chi connectivity index (χ3n) is 0.814. The molecule has 1 aromatic heterocycles. The molecule has 8 heavy (non-hydrogen) atoms. The quantitative estimate of drug-likeness (QED) is 0.521. The van der Waals surface area contributed by atoms with E-state index in [1.165, 1.54) is 19.5 Å². The molecule has 1 heterocycles. The van der Waals surface area contributed by atoms with Gasteiger partial charge in [0.25, 0.3) is 0 Å². The van der Waals surface area contributed by atoms with Gasteiger partial charge in [0.1, 0.15) is 7.11 Å². The highest BCUT2D eigenvalue weighted by Crippen LogP contribution is 1.67. The summed E-state index contributed by atoms with van der Waals surface area (Å²) in [6.07, 6.45) is 3.01. The first-order chi connectivity index (χ1) is 3.84. The van der Waals surface area contributed by atoms with Gasteiger partial charge in [0.2, 0.25) is 0 Å². The summed E-state index contributed by atoms with van der Waals surface area (Å²) in [5, 5.41) is 0.